The molecule has 2 fully saturated rings. The summed E-state index contributed by atoms with van der Waals surface area (Å²) in [5.74, 6) is 0. The summed E-state index contributed by atoms with van der Waals surface area (Å²) < 4.78 is 0. The fourth-order valence-electron chi connectivity index (χ4n) is 3.04. The van der Waals surface area contributed by atoms with Crippen LogP contribution >= 0.6 is 0 Å². The van der Waals surface area contributed by atoms with E-state index < -0.39 is 0 Å². The summed E-state index contributed by atoms with van der Waals surface area (Å²) in [6.45, 7) is 8.20. The van der Waals surface area contributed by atoms with Crippen LogP contribution in [0.2, 0.25) is 0 Å². The van der Waals surface area contributed by atoms with Crippen molar-refractivity contribution < 1.29 is 0 Å². The summed E-state index contributed by atoms with van der Waals surface area (Å²) >= 11 is 0. The van der Waals surface area contributed by atoms with Gasteiger partial charge < -0.3 is 9.80 Å². The minimum atomic E-state index is 1.36. The molecule has 0 aromatic carbocycles. The van der Waals surface area contributed by atoms with Crippen LogP contribution in [0.15, 0.2) is 0 Å². The summed E-state index contributed by atoms with van der Waals surface area (Å²) in [5, 5.41) is 0. The molecule has 2 aliphatic rings. The molecule has 2 rings (SSSR count). The molecule has 2 nitrogen and oxygen atoms in total. The van der Waals surface area contributed by atoms with Crippen LogP contribution in [-0.4, -0.2) is 49.1 Å². The van der Waals surface area contributed by atoms with Crippen molar-refractivity contribution in [2.24, 2.45) is 0 Å². The Kier molecular flexibility index (Phi) is 5.64. The molecular weight excluding hydrogens is 196 g/mol. The molecule has 0 aromatic heterocycles. The maximum atomic E-state index is 2.64. The van der Waals surface area contributed by atoms with E-state index >= 15 is 0 Å². The zero-order valence-corrected chi connectivity index (χ0v) is 10.8. The molecule has 0 saturated carbocycles. The third kappa shape index (κ3) is 4.42. The molecule has 94 valence electrons. The number of likely N-dealkylation sites (tertiary alicyclic amines) is 2. The van der Waals surface area contributed by atoms with Gasteiger partial charge in [0.25, 0.3) is 0 Å². The highest BCUT2D eigenvalue weighted by molar-refractivity contribution is 4.67. The van der Waals surface area contributed by atoms with E-state index in [9.17, 15) is 0 Å². The molecule has 0 bridgehead atoms. The highest BCUT2D eigenvalue weighted by Gasteiger charge is 2.11. The molecule has 0 amide bonds. The average Bonchev–Trinajstić information content (AvgIpc) is 2.96. The molecule has 0 aromatic rings. The Balaban J connectivity index is 1.37. The van der Waals surface area contributed by atoms with Gasteiger partial charge in [0.2, 0.25) is 0 Å². The Labute approximate surface area is 101 Å². The smallest absolute Gasteiger partial charge is 0.00183 e. The minimum Gasteiger partial charge on any atom is -0.303 e. The van der Waals surface area contributed by atoms with Gasteiger partial charge >= 0.3 is 0 Å². The van der Waals surface area contributed by atoms with E-state index in [0.717, 1.165) is 0 Å². The molecule has 0 radical (unpaired) electrons. The van der Waals surface area contributed by atoms with Crippen LogP contribution in [0.3, 0.4) is 0 Å². The molecule has 0 aliphatic carbocycles. The number of hydrogen-bond acceptors (Lipinski definition) is 2. The third-order valence-corrected chi connectivity index (χ3v) is 4.10. The molecule has 0 N–H and O–H groups in total. The Hall–Kier alpha value is -0.0800. The first-order chi connectivity index (χ1) is 7.95. The van der Waals surface area contributed by atoms with Gasteiger partial charge in [0, 0.05) is 0 Å². The number of nitrogens with zero attached hydrogens (tertiary/aromatic N) is 2. The second-order valence-electron chi connectivity index (χ2n) is 5.51. The predicted molar refractivity (Wildman–Crippen MR) is 69.8 cm³/mol. The van der Waals surface area contributed by atoms with Crippen molar-refractivity contribution in [1.82, 2.24) is 9.80 Å². The second kappa shape index (κ2) is 7.29. The normalized spacial score (nSPS) is 23.2. The quantitative estimate of drug-likeness (QED) is 0.614. The lowest BCUT2D eigenvalue weighted by Crippen LogP contribution is -2.21. The molecule has 16 heavy (non-hydrogen) atoms. The van der Waals surface area contributed by atoms with Gasteiger partial charge in [0.05, 0.1) is 0 Å². The van der Waals surface area contributed by atoms with E-state index in [1.807, 2.05) is 0 Å². The molecule has 0 atom stereocenters. The Morgan fingerprint density at radius 1 is 0.500 bits per heavy atom. The lowest BCUT2D eigenvalue weighted by Gasteiger charge is -2.15. The van der Waals surface area contributed by atoms with Gasteiger partial charge in [0.15, 0.2) is 0 Å². The van der Waals surface area contributed by atoms with Crippen molar-refractivity contribution in [3.05, 3.63) is 0 Å². The average molecular weight is 224 g/mol. The third-order valence-electron chi connectivity index (χ3n) is 4.10. The van der Waals surface area contributed by atoms with E-state index in [1.165, 1.54) is 90.6 Å². The lowest BCUT2D eigenvalue weighted by molar-refractivity contribution is 0.313. The van der Waals surface area contributed by atoms with Gasteiger partial charge in [-0.1, -0.05) is 12.8 Å². The largest absolute Gasteiger partial charge is 0.303 e. The van der Waals surface area contributed by atoms with Gasteiger partial charge in [-0.15, -0.1) is 0 Å². The van der Waals surface area contributed by atoms with Crippen LogP contribution in [0, 0.1) is 0 Å². The molecule has 2 heterocycles. The Morgan fingerprint density at radius 3 is 1.25 bits per heavy atom. The fraction of sp³-hybridized carbons (Fsp3) is 1.00. The molecule has 0 spiro atoms. The van der Waals surface area contributed by atoms with Crippen molar-refractivity contribution in [3.63, 3.8) is 0 Å². The molecule has 0 unspecified atom stereocenters. The minimum absolute atomic E-state index is 1.36. The van der Waals surface area contributed by atoms with Gasteiger partial charge in [0.1, 0.15) is 0 Å². The molecule has 2 heteroatoms. The first kappa shape index (κ1) is 12.4. The van der Waals surface area contributed by atoms with Crippen molar-refractivity contribution in [2.75, 3.05) is 39.3 Å². The van der Waals surface area contributed by atoms with Crippen LogP contribution in [-0.2, 0) is 0 Å². The van der Waals surface area contributed by atoms with E-state index in [2.05, 4.69) is 9.80 Å². The summed E-state index contributed by atoms with van der Waals surface area (Å²) in [4.78, 5) is 5.28. The topological polar surface area (TPSA) is 6.48 Å². The highest BCUT2D eigenvalue weighted by atomic mass is 15.1. The van der Waals surface area contributed by atoms with E-state index in [4.69, 9.17) is 0 Å². The number of rotatable bonds is 7. The molecule has 2 saturated heterocycles. The van der Waals surface area contributed by atoms with Crippen molar-refractivity contribution >= 4 is 0 Å². The monoisotopic (exact) mass is 224 g/mol. The standard InChI is InChI=1S/C14H28N2/c1(3-9-15-11-5-6-12-15)2-4-10-16-13-7-8-14-16/h1-14H2. The maximum Gasteiger partial charge on any atom is -0.00183 e. The summed E-state index contributed by atoms with van der Waals surface area (Å²) in [6.07, 6.45) is 11.5. The van der Waals surface area contributed by atoms with E-state index in [0.29, 0.717) is 0 Å². The number of unbranched alkanes of at least 4 members (excludes halogenated alkanes) is 3. The van der Waals surface area contributed by atoms with Gasteiger partial charge in [-0.05, 0) is 77.8 Å². The molecule has 2 aliphatic heterocycles. The Morgan fingerprint density at radius 2 is 0.875 bits per heavy atom. The van der Waals surface area contributed by atoms with Crippen molar-refractivity contribution in [1.29, 1.82) is 0 Å². The summed E-state index contributed by atoms with van der Waals surface area (Å²) in [5.41, 5.74) is 0. The van der Waals surface area contributed by atoms with E-state index in [-0.39, 0.29) is 0 Å². The van der Waals surface area contributed by atoms with Crippen LogP contribution < -0.4 is 0 Å². The fourth-order valence-corrected chi connectivity index (χ4v) is 3.04. The van der Waals surface area contributed by atoms with Gasteiger partial charge in [-0.3, -0.25) is 0 Å². The van der Waals surface area contributed by atoms with Crippen LogP contribution in [0.5, 0.6) is 0 Å². The zero-order chi connectivity index (χ0) is 11.1. The van der Waals surface area contributed by atoms with Gasteiger partial charge in [-0.25, -0.2) is 0 Å². The number of hydrogen-bond donors (Lipinski definition) is 0. The van der Waals surface area contributed by atoms with E-state index in [1.54, 1.807) is 0 Å². The van der Waals surface area contributed by atoms with Gasteiger partial charge in [-0.2, -0.15) is 0 Å². The zero-order valence-electron chi connectivity index (χ0n) is 10.8. The van der Waals surface area contributed by atoms with Crippen LogP contribution in [0.4, 0.5) is 0 Å². The predicted octanol–water partition coefficient (Wildman–Crippen LogP) is 2.74. The summed E-state index contributed by atoms with van der Waals surface area (Å²) in [6, 6.07) is 0. The summed E-state index contributed by atoms with van der Waals surface area (Å²) in [7, 11) is 0. The SMILES string of the molecule is C(CCCN1CCCC1)CCN1CCCC1. The van der Waals surface area contributed by atoms with Crippen LogP contribution in [0.1, 0.15) is 51.4 Å². The lowest BCUT2D eigenvalue weighted by atomic mass is 10.2. The van der Waals surface area contributed by atoms with Crippen molar-refractivity contribution in [2.45, 2.75) is 51.4 Å². The highest BCUT2D eigenvalue weighted by Crippen LogP contribution is 2.11. The van der Waals surface area contributed by atoms with Crippen molar-refractivity contribution in [3.8, 4) is 0 Å². The second-order valence-corrected chi connectivity index (χ2v) is 5.51. The first-order valence-corrected chi connectivity index (χ1v) is 7.40. The maximum absolute atomic E-state index is 2.64. The first-order valence-electron chi connectivity index (χ1n) is 7.40. The molecular formula is C14H28N2. The van der Waals surface area contributed by atoms with Crippen LogP contribution in [0.25, 0.3) is 0 Å². The Bertz CT molecular complexity index is 150.